The average Bonchev–Trinajstić information content (AvgIpc) is 2.03. The van der Waals surface area contributed by atoms with Gasteiger partial charge in [0.05, 0.1) is 0 Å². The molecule has 0 unspecified atom stereocenters. The van der Waals surface area contributed by atoms with Crippen LogP contribution in [0.15, 0.2) is 10.9 Å². The second kappa shape index (κ2) is 4.91. The molecule has 0 aliphatic carbocycles. The first-order chi connectivity index (χ1) is 6.22. The van der Waals surface area contributed by atoms with Crippen molar-refractivity contribution in [2.45, 2.75) is 6.92 Å². The normalized spacial score (nSPS) is 10.0. The van der Waals surface area contributed by atoms with Crippen LogP contribution in [0.4, 0.5) is 5.82 Å². The van der Waals surface area contributed by atoms with Crippen molar-refractivity contribution in [2.24, 2.45) is 0 Å². The number of aryl methyl sites for hydroxylation is 1. The van der Waals surface area contributed by atoms with Crippen LogP contribution < -0.4 is 10.9 Å². The van der Waals surface area contributed by atoms with E-state index in [0.717, 1.165) is 12.3 Å². The fraction of sp³-hybridized carbons (Fsp3) is 0.500. The molecule has 0 fully saturated rings. The molecule has 1 heterocycles. The molecule has 1 aromatic heterocycles. The number of nitrogens with zero attached hydrogens (tertiary/aromatic N) is 1. The summed E-state index contributed by atoms with van der Waals surface area (Å²) in [5.74, 6) is 2.29. The molecule has 72 valence electrons. The van der Waals surface area contributed by atoms with Crippen LogP contribution in [0.5, 0.6) is 0 Å². The smallest absolute Gasteiger partial charge is 0.252 e. The predicted octanol–water partition coefficient (Wildman–Crippen LogP) is 0.853. The first-order valence-electron chi connectivity index (χ1n) is 4.03. The van der Waals surface area contributed by atoms with Gasteiger partial charge in [-0.2, -0.15) is 11.8 Å². The molecule has 0 spiro atoms. The van der Waals surface area contributed by atoms with Gasteiger partial charge in [-0.25, -0.2) is 4.98 Å². The largest absolute Gasteiger partial charge is 0.369 e. The number of aromatic amines is 1. The molecule has 1 rings (SSSR count). The van der Waals surface area contributed by atoms with Crippen LogP contribution in [0.1, 0.15) is 5.82 Å². The van der Waals surface area contributed by atoms with Crippen molar-refractivity contribution in [3.05, 3.63) is 22.2 Å². The molecule has 4 nitrogen and oxygen atoms in total. The summed E-state index contributed by atoms with van der Waals surface area (Å²) >= 11 is 1.75. The number of aromatic nitrogens is 2. The zero-order valence-electron chi connectivity index (χ0n) is 7.76. The van der Waals surface area contributed by atoms with E-state index >= 15 is 0 Å². The van der Waals surface area contributed by atoms with E-state index in [9.17, 15) is 4.79 Å². The molecule has 0 radical (unpaired) electrons. The van der Waals surface area contributed by atoms with Gasteiger partial charge in [-0.1, -0.05) is 0 Å². The van der Waals surface area contributed by atoms with Gasteiger partial charge in [-0.3, -0.25) is 4.79 Å². The Morgan fingerprint density at radius 1 is 1.69 bits per heavy atom. The second-order valence-electron chi connectivity index (χ2n) is 2.64. The summed E-state index contributed by atoms with van der Waals surface area (Å²) in [6.07, 6.45) is 2.04. The van der Waals surface area contributed by atoms with Crippen LogP contribution in [-0.4, -0.2) is 28.5 Å². The summed E-state index contributed by atoms with van der Waals surface area (Å²) in [6, 6.07) is 1.47. The summed E-state index contributed by atoms with van der Waals surface area (Å²) in [7, 11) is 0. The molecule has 0 saturated heterocycles. The Morgan fingerprint density at radius 2 is 2.46 bits per heavy atom. The van der Waals surface area contributed by atoms with Gasteiger partial charge in [0.2, 0.25) is 0 Å². The van der Waals surface area contributed by atoms with E-state index in [4.69, 9.17) is 0 Å². The molecule has 0 saturated carbocycles. The second-order valence-corrected chi connectivity index (χ2v) is 3.62. The molecule has 0 bridgehead atoms. The number of hydrogen-bond acceptors (Lipinski definition) is 4. The SMILES string of the molecule is CSCCNc1cc(=O)[nH]c(C)n1. The third-order valence-electron chi connectivity index (χ3n) is 1.47. The summed E-state index contributed by atoms with van der Waals surface area (Å²) in [5.41, 5.74) is -0.112. The van der Waals surface area contributed by atoms with E-state index in [1.54, 1.807) is 18.7 Å². The topological polar surface area (TPSA) is 57.8 Å². The molecular weight excluding hydrogens is 186 g/mol. The fourth-order valence-corrected chi connectivity index (χ4v) is 1.26. The lowest BCUT2D eigenvalue weighted by molar-refractivity contribution is 1.01. The highest BCUT2D eigenvalue weighted by Gasteiger charge is 1.95. The van der Waals surface area contributed by atoms with Crippen molar-refractivity contribution < 1.29 is 0 Å². The summed E-state index contributed by atoms with van der Waals surface area (Å²) in [4.78, 5) is 17.7. The van der Waals surface area contributed by atoms with Gasteiger partial charge >= 0.3 is 0 Å². The highest BCUT2D eigenvalue weighted by Crippen LogP contribution is 1.98. The molecule has 5 heteroatoms. The van der Waals surface area contributed by atoms with Crippen molar-refractivity contribution in [3.8, 4) is 0 Å². The van der Waals surface area contributed by atoms with Crippen LogP contribution in [0.2, 0.25) is 0 Å². The predicted molar refractivity (Wildman–Crippen MR) is 56.5 cm³/mol. The molecule has 0 atom stereocenters. The Bertz CT molecular complexity index is 323. The minimum absolute atomic E-state index is 0.112. The van der Waals surface area contributed by atoms with Gasteiger partial charge < -0.3 is 10.3 Å². The maximum atomic E-state index is 11.0. The molecule has 2 N–H and O–H groups in total. The molecular formula is C8H13N3OS. The number of H-pyrrole nitrogens is 1. The van der Waals surface area contributed by atoms with E-state index in [1.165, 1.54) is 6.07 Å². The van der Waals surface area contributed by atoms with Crippen LogP contribution >= 0.6 is 11.8 Å². The Kier molecular flexibility index (Phi) is 3.82. The highest BCUT2D eigenvalue weighted by atomic mass is 32.2. The maximum absolute atomic E-state index is 11.0. The molecule has 1 aromatic rings. The van der Waals surface area contributed by atoms with Crippen molar-refractivity contribution in [2.75, 3.05) is 23.9 Å². The third-order valence-corrected chi connectivity index (χ3v) is 2.08. The fourth-order valence-electron chi connectivity index (χ4n) is 0.951. The van der Waals surface area contributed by atoms with E-state index in [-0.39, 0.29) is 5.56 Å². The first kappa shape index (κ1) is 10.1. The number of nitrogens with one attached hydrogen (secondary N) is 2. The Morgan fingerprint density at radius 3 is 3.08 bits per heavy atom. The molecule has 0 aromatic carbocycles. The van der Waals surface area contributed by atoms with Gasteiger partial charge in [-0.15, -0.1) is 0 Å². The van der Waals surface area contributed by atoms with Gasteiger partial charge in [0.15, 0.2) is 0 Å². The highest BCUT2D eigenvalue weighted by molar-refractivity contribution is 7.98. The molecule has 0 aliphatic heterocycles. The molecule has 0 aliphatic rings. The molecule has 0 amide bonds. The van der Waals surface area contributed by atoms with Crippen LogP contribution in [0.25, 0.3) is 0 Å². The number of rotatable bonds is 4. The van der Waals surface area contributed by atoms with E-state index in [2.05, 4.69) is 15.3 Å². The van der Waals surface area contributed by atoms with Crippen LogP contribution in [-0.2, 0) is 0 Å². The third kappa shape index (κ3) is 3.50. The number of hydrogen-bond donors (Lipinski definition) is 2. The average molecular weight is 199 g/mol. The summed E-state index contributed by atoms with van der Waals surface area (Å²) < 4.78 is 0. The summed E-state index contributed by atoms with van der Waals surface area (Å²) in [5, 5.41) is 3.08. The Hall–Kier alpha value is -0.970. The minimum atomic E-state index is -0.112. The monoisotopic (exact) mass is 199 g/mol. The lowest BCUT2D eigenvalue weighted by atomic mass is 10.5. The summed E-state index contributed by atoms with van der Waals surface area (Å²) in [6.45, 7) is 2.60. The van der Waals surface area contributed by atoms with Crippen LogP contribution in [0.3, 0.4) is 0 Å². The number of anilines is 1. The Balaban J connectivity index is 2.61. The van der Waals surface area contributed by atoms with E-state index in [0.29, 0.717) is 11.6 Å². The van der Waals surface area contributed by atoms with E-state index < -0.39 is 0 Å². The zero-order valence-corrected chi connectivity index (χ0v) is 8.57. The lowest BCUT2D eigenvalue weighted by Gasteiger charge is -2.03. The van der Waals surface area contributed by atoms with Crippen LogP contribution in [0, 0.1) is 6.92 Å². The quantitative estimate of drug-likeness (QED) is 0.706. The van der Waals surface area contributed by atoms with Crippen molar-refractivity contribution >= 4 is 17.6 Å². The Labute approximate surface area is 81.2 Å². The van der Waals surface area contributed by atoms with Crippen molar-refractivity contribution in [1.29, 1.82) is 0 Å². The van der Waals surface area contributed by atoms with E-state index in [1.807, 2.05) is 6.26 Å². The van der Waals surface area contributed by atoms with Crippen molar-refractivity contribution in [1.82, 2.24) is 9.97 Å². The standard InChI is InChI=1S/C8H13N3OS/c1-6-10-7(5-8(12)11-6)9-3-4-13-2/h5H,3-4H2,1-2H3,(H2,9,10,11,12). The lowest BCUT2D eigenvalue weighted by Crippen LogP contribution is -2.13. The minimum Gasteiger partial charge on any atom is -0.369 e. The van der Waals surface area contributed by atoms with Gasteiger partial charge in [0, 0.05) is 18.4 Å². The zero-order chi connectivity index (χ0) is 9.68. The number of thioether (sulfide) groups is 1. The van der Waals surface area contributed by atoms with Gasteiger partial charge in [0.1, 0.15) is 11.6 Å². The first-order valence-corrected chi connectivity index (χ1v) is 5.42. The maximum Gasteiger partial charge on any atom is 0.252 e. The van der Waals surface area contributed by atoms with Gasteiger partial charge in [0.25, 0.3) is 5.56 Å². The van der Waals surface area contributed by atoms with Crippen molar-refractivity contribution in [3.63, 3.8) is 0 Å². The molecule has 13 heavy (non-hydrogen) atoms. The van der Waals surface area contributed by atoms with Gasteiger partial charge in [-0.05, 0) is 13.2 Å².